The molecule has 6 nitrogen and oxygen atoms in total. The first-order valence-corrected chi connectivity index (χ1v) is 11.4. The van der Waals surface area contributed by atoms with Gasteiger partial charge in [0.25, 0.3) is 10.2 Å². The number of benzene rings is 1. The zero-order valence-corrected chi connectivity index (χ0v) is 17.4. The van der Waals surface area contributed by atoms with Crippen molar-refractivity contribution in [3.63, 3.8) is 0 Å². The fourth-order valence-corrected chi connectivity index (χ4v) is 6.61. The monoisotopic (exact) mass is 393 g/mol. The average molecular weight is 394 g/mol. The van der Waals surface area contributed by atoms with E-state index in [9.17, 15) is 8.42 Å². The second-order valence-electron chi connectivity index (χ2n) is 8.45. The van der Waals surface area contributed by atoms with Gasteiger partial charge >= 0.3 is 0 Å². The topological polar surface area (TPSA) is 53.1 Å². The minimum Gasteiger partial charge on any atom is -0.497 e. The summed E-state index contributed by atoms with van der Waals surface area (Å²) in [7, 11) is 1.64. The maximum Gasteiger partial charge on any atom is 0.281 e. The molecule has 0 amide bonds. The van der Waals surface area contributed by atoms with E-state index in [1.807, 2.05) is 0 Å². The van der Waals surface area contributed by atoms with Gasteiger partial charge in [-0.2, -0.15) is 17.0 Å². The Labute approximate surface area is 163 Å². The molecule has 4 rings (SSSR count). The van der Waals surface area contributed by atoms with Crippen molar-refractivity contribution in [3.8, 4) is 5.75 Å². The van der Waals surface area contributed by atoms with Crippen LogP contribution >= 0.6 is 0 Å². The summed E-state index contributed by atoms with van der Waals surface area (Å²) >= 11 is 0. The van der Waals surface area contributed by atoms with Crippen LogP contribution in [0.15, 0.2) is 24.3 Å². The molecule has 0 N–H and O–H groups in total. The number of nitrogens with zero attached hydrogens (tertiary/aromatic N) is 3. The van der Waals surface area contributed by atoms with Crippen molar-refractivity contribution >= 4 is 10.2 Å². The molecule has 0 saturated carbocycles. The van der Waals surface area contributed by atoms with E-state index in [-0.39, 0.29) is 0 Å². The SMILES string of the molecule is COc1ccc([C@H]2CCC[C@H]3[C@@H]4C[C@H](CN23)CN(S(=O)(=O)N(C)C)C4)cc1. The highest BCUT2D eigenvalue weighted by Gasteiger charge is 2.47. The summed E-state index contributed by atoms with van der Waals surface area (Å²) in [6.07, 6.45) is 4.73. The highest BCUT2D eigenvalue weighted by molar-refractivity contribution is 7.86. The van der Waals surface area contributed by atoms with Crippen LogP contribution in [-0.2, 0) is 10.2 Å². The molecule has 3 heterocycles. The van der Waals surface area contributed by atoms with E-state index in [1.54, 1.807) is 25.5 Å². The van der Waals surface area contributed by atoms with Crippen LogP contribution in [0.1, 0.15) is 37.3 Å². The predicted molar refractivity (Wildman–Crippen MR) is 106 cm³/mol. The first-order chi connectivity index (χ1) is 12.9. The van der Waals surface area contributed by atoms with E-state index in [1.165, 1.54) is 29.1 Å². The molecule has 7 heteroatoms. The lowest BCUT2D eigenvalue weighted by molar-refractivity contribution is -0.0422. The van der Waals surface area contributed by atoms with Gasteiger partial charge in [0.05, 0.1) is 7.11 Å². The van der Waals surface area contributed by atoms with Crippen LogP contribution in [0.5, 0.6) is 5.75 Å². The molecule has 27 heavy (non-hydrogen) atoms. The largest absolute Gasteiger partial charge is 0.497 e. The van der Waals surface area contributed by atoms with Crippen molar-refractivity contribution in [1.29, 1.82) is 0 Å². The predicted octanol–water partition coefficient (Wildman–Crippen LogP) is 2.35. The van der Waals surface area contributed by atoms with Crippen LogP contribution in [0.4, 0.5) is 0 Å². The van der Waals surface area contributed by atoms with E-state index >= 15 is 0 Å². The van der Waals surface area contributed by atoms with Crippen LogP contribution in [0, 0.1) is 11.8 Å². The fraction of sp³-hybridized carbons (Fsp3) is 0.700. The number of hydrogen-bond donors (Lipinski definition) is 0. The lowest BCUT2D eigenvalue weighted by atomic mass is 9.74. The first-order valence-electron chi connectivity index (χ1n) is 9.97. The second-order valence-corrected chi connectivity index (χ2v) is 10.6. The molecule has 3 saturated heterocycles. The second kappa shape index (κ2) is 7.35. The third-order valence-corrected chi connectivity index (χ3v) is 8.51. The molecule has 0 unspecified atom stereocenters. The van der Waals surface area contributed by atoms with E-state index in [0.29, 0.717) is 37.0 Å². The summed E-state index contributed by atoms with van der Waals surface area (Å²) in [5.41, 5.74) is 1.36. The Hall–Kier alpha value is -1.15. The van der Waals surface area contributed by atoms with Gasteiger partial charge in [-0.3, -0.25) is 4.90 Å². The van der Waals surface area contributed by atoms with Gasteiger partial charge in [-0.15, -0.1) is 0 Å². The average Bonchev–Trinajstić information content (AvgIpc) is 2.67. The maximum atomic E-state index is 12.6. The molecule has 4 atom stereocenters. The normalized spacial score (nSPS) is 32.3. The van der Waals surface area contributed by atoms with Gasteiger partial charge in [0.1, 0.15) is 5.75 Å². The molecule has 3 aliphatic heterocycles. The summed E-state index contributed by atoms with van der Waals surface area (Å²) in [4.78, 5) is 2.68. The summed E-state index contributed by atoms with van der Waals surface area (Å²) in [6, 6.07) is 9.42. The van der Waals surface area contributed by atoms with Crippen molar-refractivity contribution in [3.05, 3.63) is 29.8 Å². The minimum atomic E-state index is -3.32. The van der Waals surface area contributed by atoms with Crippen molar-refractivity contribution in [2.75, 3.05) is 40.8 Å². The number of rotatable bonds is 4. The third-order valence-electron chi connectivity index (χ3n) is 6.64. The molecule has 1 aromatic carbocycles. The highest BCUT2D eigenvalue weighted by atomic mass is 32.2. The molecule has 0 aliphatic carbocycles. The van der Waals surface area contributed by atoms with Gasteiger partial charge in [-0.05, 0) is 55.2 Å². The molecule has 2 bridgehead atoms. The minimum absolute atomic E-state index is 0.425. The zero-order chi connectivity index (χ0) is 19.2. The van der Waals surface area contributed by atoms with Gasteiger partial charge in [-0.1, -0.05) is 12.1 Å². The van der Waals surface area contributed by atoms with Crippen molar-refractivity contribution in [1.82, 2.24) is 13.5 Å². The lowest BCUT2D eigenvalue weighted by Crippen LogP contribution is -2.61. The van der Waals surface area contributed by atoms with E-state index in [4.69, 9.17) is 4.74 Å². The third kappa shape index (κ3) is 3.50. The van der Waals surface area contributed by atoms with Crippen LogP contribution in [0.2, 0.25) is 0 Å². The van der Waals surface area contributed by atoms with Crippen molar-refractivity contribution < 1.29 is 13.2 Å². The number of hydrogen-bond acceptors (Lipinski definition) is 4. The fourth-order valence-electron chi connectivity index (χ4n) is 5.37. The highest BCUT2D eigenvalue weighted by Crippen LogP contribution is 2.45. The smallest absolute Gasteiger partial charge is 0.281 e. The molecule has 3 aliphatic rings. The molecule has 1 aromatic rings. The Morgan fingerprint density at radius 3 is 2.48 bits per heavy atom. The van der Waals surface area contributed by atoms with Crippen LogP contribution in [0.25, 0.3) is 0 Å². The number of methoxy groups -OCH3 is 1. The molecular weight excluding hydrogens is 362 g/mol. The molecule has 150 valence electrons. The molecule has 0 radical (unpaired) electrons. The Kier molecular flexibility index (Phi) is 5.22. The number of fused-ring (bicyclic) bond motifs is 4. The van der Waals surface area contributed by atoms with Crippen LogP contribution in [0.3, 0.4) is 0 Å². The number of ether oxygens (including phenoxy) is 1. The summed E-state index contributed by atoms with van der Waals surface area (Å²) < 4.78 is 33.7. The quantitative estimate of drug-likeness (QED) is 0.788. The van der Waals surface area contributed by atoms with Gasteiger partial charge in [-0.25, -0.2) is 0 Å². The lowest BCUT2D eigenvalue weighted by Gasteiger charge is -2.55. The molecule has 3 fully saturated rings. The van der Waals surface area contributed by atoms with E-state index in [0.717, 1.165) is 18.7 Å². The van der Waals surface area contributed by atoms with Crippen LogP contribution in [-0.4, -0.2) is 68.8 Å². The molecule has 0 spiro atoms. The summed E-state index contributed by atoms with van der Waals surface area (Å²) in [5, 5.41) is 0. The van der Waals surface area contributed by atoms with E-state index < -0.39 is 10.2 Å². The zero-order valence-electron chi connectivity index (χ0n) is 16.5. The van der Waals surface area contributed by atoms with Gasteiger partial charge < -0.3 is 4.74 Å². The first kappa shape index (κ1) is 19.2. The number of piperidine rings is 3. The van der Waals surface area contributed by atoms with E-state index in [2.05, 4.69) is 29.2 Å². The van der Waals surface area contributed by atoms with Crippen LogP contribution < -0.4 is 4.74 Å². The molecule has 0 aromatic heterocycles. The Morgan fingerprint density at radius 1 is 1.07 bits per heavy atom. The Bertz CT molecular complexity index is 765. The Morgan fingerprint density at radius 2 is 1.81 bits per heavy atom. The Balaban J connectivity index is 1.55. The standard InChI is InChI=1S/C20H31N3O3S/c1-21(2)27(24,25)22-12-15-11-17(14-22)20-6-4-5-19(23(20)13-15)16-7-9-18(26-3)10-8-16/h7-10,15,17,19-20H,4-6,11-14H2,1-3H3/t15-,17+,19+,20-/m0/s1. The molecular formula is C20H31N3O3S. The van der Waals surface area contributed by atoms with Gasteiger partial charge in [0.2, 0.25) is 0 Å². The maximum absolute atomic E-state index is 12.6. The van der Waals surface area contributed by atoms with Crippen molar-refractivity contribution in [2.45, 2.75) is 37.8 Å². The van der Waals surface area contributed by atoms with Crippen molar-refractivity contribution in [2.24, 2.45) is 11.8 Å². The van der Waals surface area contributed by atoms with Gasteiger partial charge in [0.15, 0.2) is 0 Å². The summed E-state index contributed by atoms with van der Waals surface area (Å²) in [6.45, 7) is 2.31. The summed E-state index contributed by atoms with van der Waals surface area (Å²) in [5.74, 6) is 1.76. The van der Waals surface area contributed by atoms with Gasteiger partial charge in [0, 0.05) is 45.8 Å².